The second-order valence-electron chi connectivity index (χ2n) is 7.07. The quantitative estimate of drug-likeness (QED) is 0.790. The largest absolute Gasteiger partial charge is 0.324 e. The third-order valence-corrected chi connectivity index (χ3v) is 4.85. The number of rotatable bonds is 5. The molecule has 1 aliphatic rings. The first-order valence-electron chi connectivity index (χ1n) is 8.78. The minimum absolute atomic E-state index is 0. The van der Waals surface area contributed by atoms with Crippen molar-refractivity contribution in [3.05, 3.63) is 47.8 Å². The molecule has 3 rings (SSSR count). The van der Waals surface area contributed by atoms with E-state index in [2.05, 4.69) is 38.8 Å². The summed E-state index contributed by atoms with van der Waals surface area (Å²) in [6.45, 7) is 4.50. The van der Waals surface area contributed by atoms with E-state index in [1.165, 1.54) is 5.56 Å². The molecule has 0 saturated carbocycles. The number of carbonyl (C=O) groups is 1. The van der Waals surface area contributed by atoms with E-state index < -0.39 is 5.54 Å². The third kappa shape index (κ3) is 5.23. The fourth-order valence-corrected chi connectivity index (χ4v) is 3.43. The first kappa shape index (κ1) is 23.4. The summed E-state index contributed by atoms with van der Waals surface area (Å²) in [4.78, 5) is 15.4. The standard InChI is InChI=1S/C19H27N5O.2ClH/c1-15-5-6-16(14-23(2)3)13-17(15)22-18(25)19(7-10-20-11-8-19)24-12-4-9-21-24;;/h4-6,9,12-13,20H,7-8,10-11,14H2,1-3H3,(H,22,25);2*1H. The molecule has 1 saturated heterocycles. The lowest BCUT2D eigenvalue weighted by Gasteiger charge is -2.36. The predicted octanol–water partition coefficient (Wildman–Crippen LogP) is 2.81. The van der Waals surface area contributed by atoms with E-state index in [9.17, 15) is 4.79 Å². The third-order valence-electron chi connectivity index (χ3n) is 4.85. The van der Waals surface area contributed by atoms with Crippen LogP contribution in [0.5, 0.6) is 0 Å². The Morgan fingerprint density at radius 1 is 1.30 bits per heavy atom. The maximum atomic E-state index is 13.3. The number of nitrogens with one attached hydrogen (secondary N) is 2. The van der Waals surface area contributed by atoms with Gasteiger partial charge in [0.2, 0.25) is 0 Å². The lowest BCUT2D eigenvalue weighted by molar-refractivity contribution is -0.126. The number of hydrogen-bond donors (Lipinski definition) is 2. The molecule has 0 bridgehead atoms. The van der Waals surface area contributed by atoms with Crippen LogP contribution in [-0.2, 0) is 16.9 Å². The Kier molecular flexibility index (Phi) is 8.75. The van der Waals surface area contributed by atoms with Crippen molar-refractivity contribution in [2.45, 2.75) is 31.8 Å². The fourth-order valence-electron chi connectivity index (χ4n) is 3.43. The van der Waals surface area contributed by atoms with E-state index >= 15 is 0 Å². The average molecular weight is 414 g/mol. The summed E-state index contributed by atoms with van der Waals surface area (Å²) in [6.07, 6.45) is 5.09. The van der Waals surface area contributed by atoms with E-state index in [1.54, 1.807) is 6.20 Å². The summed E-state index contributed by atoms with van der Waals surface area (Å²) >= 11 is 0. The second kappa shape index (κ2) is 10.1. The summed E-state index contributed by atoms with van der Waals surface area (Å²) in [5.41, 5.74) is 2.51. The van der Waals surface area contributed by atoms with Crippen LogP contribution in [0.15, 0.2) is 36.7 Å². The number of aromatic nitrogens is 2. The number of benzene rings is 1. The second-order valence-corrected chi connectivity index (χ2v) is 7.07. The van der Waals surface area contributed by atoms with E-state index in [4.69, 9.17) is 0 Å². The van der Waals surface area contributed by atoms with E-state index in [0.29, 0.717) is 0 Å². The fraction of sp³-hybridized carbons (Fsp3) is 0.474. The number of aryl methyl sites for hydroxylation is 1. The first-order valence-corrected chi connectivity index (χ1v) is 8.78. The van der Waals surface area contributed by atoms with Crippen molar-refractivity contribution in [1.29, 1.82) is 0 Å². The van der Waals surface area contributed by atoms with Crippen molar-refractivity contribution >= 4 is 36.4 Å². The lowest BCUT2D eigenvalue weighted by atomic mass is 9.87. The van der Waals surface area contributed by atoms with Crippen molar-refractivity contribution in [2.24, 2.45) is 0 Å². The molecule has 0 radical (unpaired) electrons. The zero-order chi connectivity index (χ0) is 17.9. The highest BCUT2D eigenvalue weighted by atomic mass is 35.5. The molecule has 2 aromatic rings. The molecule has 27 heavy (non-hydrogen) atoms. The van der Waals surface area contributed by atoms with Crippen LogP contribution in [0.4, 0.5) is 5.69 Å². The van der Waals surface area contributed by atoms with Crippen LogP contribution in [0.1, 0.15) is 24.0 Å². The van der Waals surface area contributed by atoms with Gasteiger partial charge in [0.05, 0.1) is 0 Å². The highest BCUT2D eigenvalue weighted by Crippen LogP contribution is 2.29. The summed E-state index contributed by atoms with van der Waals surface area (Å²) in [5.74, 6) is 0.0165. The van der Waals surface area contributed by atoms with Crippen LogP contribution >= 0.6 is 24.8 Å². The lowest BCUT2D eigenvalue weighted by Crippen LogP contribution is -2.52. The Bertz CT molecular complexity index is 728. The van der Waals surface area contributed by atoms with Gasteiger partial charge in [-0.3, -0.25) is 9.48 Å². The molecule has 1 fully saturated rings. The molecule has 2 heterocycles. The molecule has 150 valence electrons. The number of amides is 1. The summed E-state index contributed by atoms with van der Waals surface area (Å²) < 4.78 is 1.82. The molecule has 1 aromatic carbocycles. The number of anilines is 1. The Morgan fingerprint density at radius 3 is 2.59 bits per heavy atom. The van der Waals surface area contributed by atoms with Gasteiger partial charge in [-0.25, -0.2) is 0 Å². The van der Waals surface area contributed by atoms with Crippen molar-refractivity contribution in [3.8, 4) is 0 Å². The summed E-state index contributed by atoms with van der Waals surface area (Å²) in [7, 11) is 4.08. The Balaban J connectivity index is 0.00000182. The highest BCUT2D eigenvalue weighted by Gasteiger charge is 2.42. The molecule has 2 N–H and O–H groups in total. The van der Waals surface area contributed by atoms with Gasteiger partial charge in [-0.05, 0) is 70.2 Å². The summed E-state index contributed by atoms with van der Waals surface area (Å²) in [5, 5.41) is 10.9. The van der Waals surface area contributed by atoms with Gasteiger partial charge in [0.25, 0.3) is 5.91 Å². The molecular weight excluding hydrogens is 385 g/mol. The van der Waals surface area contributed by atoms with E-state index in [0.717, 1.165) is 43.7 Å². The van der Waals surface area contributed by atoms with Crippen LogP contribution in [0.2, 0.25) is 0 Å². The molecule has 0 aliphatic carbocycles. The molecule has 8 heteroatoms. The van der Waals surface area contributed by atoms with Gasteiger partial charge in [0.15, 0.2) is 0 Å². The molecule has 0 atom stereocenters. The van der Waals surface area contributed by atoms with Gasteiger partial charge in [0.1, 0.15) is 5.54 Å². The molecule has 6 nitrogen and oxygen atoms in total. The minimum atomic E-state index is -0.626. The monoisotopic (exact) mass is 413 g/mol. The van der Waals surface area contributed by atoms with Crippen LogP contribution < -0.4 is 10.6 Å². The minimum Gasteiger partial charge on any atom is -0.324 e. The van der Waals surface area contributed by atoms with Gasteiger partial charge < -0.3 is 15.5 Å². The number of carbonyl (C=O) groups excluding carboxylic acids is 1. The van der Waals surface area contributed by atoms with Gasteiger partial charge >= 0.3 is 0 Å². The normalized spacial score (nSPS) is 15.6. The zero-order valence-corrected chi connectivity index (χ0v) is 17.7. The molecular formula is C19H29Cl2N5O. The zero-order valence-electron chi connectivity index (χ0n) is 16.1. The number of piperidine rings is 1. The Morgan fingerprint density at radius 2 is 2.00 bits per heavy atom. The molecule has 1 aliphatic heterocycles. The van der Waals surface area contributed by atoms with Crippen LogP contribution in [0, 0.1) is 6.92 Å². The van der Waals surface area contributed by atoms with E-state index in [1.807, 2.05) is 38.0 Å². The van der Waals surface area contributed by atoms with Crippen molar-refractivity contribution in [2.75, 3.05) is 32.5 Å². The molecule has 1 amide bonds. The number of nitrogens with zero attached hydrogens (tertiary/aromatic N) is 3. The topological polar surface area (TPSA) is 62.2 Å². The number of hydrogen-bond acceptors (Lipinski definition) is 4. The predicted molar refractivity (Wildman–Crippen MR) is 114 cm³/mol. The maximum Gasteiger partial charge on any atom is 0.252 e. The maximum absolute atomic E-state index is 13.3. The smallest absolute Gasteiger partial charge is 0.252 e. The van der Waals surface area contributed by atoms with Crippen molar-refractivity contribution in [3.63, 3.8) is 0 Å². The first-order chi connectivity index (χ1) is 12.0. The van der Waals surface area contributed by atoms with Crippen molar-refractivity contribution in [1.82, 2.24) is 20.0 Å². The molecule has 0 unspecified atom stereocenters. The summed E-state index contributed by atoms with van der Waals surface area (Å²) in [6, 6.07) is 8.13. The number of halogens is 2. The SMILES string of the molecule is Cc1ccc(CN(C)C)cc1NC(=O)C1(n2cccn2)CCNCC1.Cl.Cl. The Labute approximate surface area is 173 Å². The van der Waals surface area contributed by atoms with Gasteiger partial charge in [-0.1, -0.05) is 12.1 Å². The highest BCUT2D eigenvalue weighted by molar-refractivity contribution is 5.97. The average Bonchev–Trinajstić information content (AvgIpc) is 3.13. The molecule has 1 aromatic heterocycles. The van der Waals surface area contributed by atoms with Gasteiger partial charge in [-0.15, -0.1) is 24.8 Å². The van der Waals surface area contributed by atoms with Crippen LogP contribution in [0.25, 0.3) is 0 Å². The van der Waals surface area contributed by atoms with Crippen LogP contribution in [0.3, 0.4) is 0 Å². The van der Waals surface area contributed by atoms with Gasteiger partial charge in [0, 0.05) is 24.6 Å². The Hall–Kier alpha value is -1.60. The van der Waals surface area contributed by atoms with Crippen molar-refractivity contribution < 1.29 is 4.79 Å². The van der Waals surface area contributed by atoms with E-state index in [-0.39, 0.29) is 30.7 Å². The molecule has 0 spiro atoms. The van der Waals surface area contributed by atoms with Gasteiger partial charge in [-0.2, -0.15) is 5.10 Å². The van der Waals surface area contributed by atoms with Crippen LogP contribution in [-0.4, -0.2) is 47.8 Å².